The topological polar surface area (TPSA) is 109 Å². The summed E-state index contributed by atoms with van der Waals surface area (Å²) in [4.78, 5) is 21.2. The standard InChI is InChI=1S/C21H23N7O/c1-14-9-23-20(26-17-10-25-28(4)11-17)27-18(14)15-5-7-16(8-6-15)19(29)24-13-21(2,3)12-22/h5-11H,13H2,1-4H3,(H,24,29)(H,23,26,27). The van der Waals surface area contributed by atoms with Crippen molar-refractivity contribution in [2.45, 2.75) is 20.8 Å². The summed E-state index contributed by atoms with van der Waals surface area (Å²) in [5, 5.41) is 19.1. The van der Waals surface area contributed by atoms with Crippen molar-refractivity contribution in [3.05, 3.63) is 54.0 Å². The van der Waals surface area contributed by atoms with Crippen LogP contribution in [0.2, 0.25) is 0 Å². The van der Waals surface area contributed by atoms with Crippen LogP contribution < -0.4 is 10.6 Å². The van der Waals surface area contributed by atoms with Gasteiger partial charge in [0.1, 0.15) is 0 Å². The fourth-order valence-electron chi connectivity index (χ4n) is 2.63. The van der Waals surface area contributed by atoms with Gasteiger partial charge in [0.15, 0.2) is 0 Å². The van der Waals surface area contributed by atoms with E-state index in [4.69, 9.17) is 5.26 Å². The second kappa shape index (κ2) is 8.10. The Kier molecular flexibility index (Phi) is 5.59. The highest BCUT2D eigenvalue weighted by atomic mass is 16.1. The molecule has 0 aliphatic rings. The lowest BCUT2D eigenvalue weighted by Crippen LogP contribution is -2.33. The van der Waals surface area contributed by atoms with Gasteiger partial charge in [-0.15, -0.1) is 0 Å². The van der Waals surface area contributed by atoms with Crippen LogP contribution in [-0.2, 0) is 7.05 Å². The van der Waals surface area contributed by atoms with E-state index in [-0.39, 0.29) is 5.91 Å². The summed E-state index contributed by atoms with van der Waals surface area (Å²) >= 11 is 0. The third kappa shape index (κ3) is 4.96. The number of anilines is 2. The summed E-state index contributed by atoms with van der Waals surface area (Å²) in [6.07, 6.45) is 5.29. The van der Waals surface area contributed by atoms with Crippen molar-refractivity contribution in [2.75, 3.05) is 11.9 Å². The third-order valence-electron chi connectivity index (χ3n) is 4.35. The van der Waals surface area contributed by atoms with E-state index in [1.807, 2.05) is 32.3 Å². The normalized spacial score (nSPS) is 11.0. The Bertz CT molecular complexity index is 1060. The van der Waals surface area contributed by atoms with E-state index < -0.39 is 5.41 Å². The lowest BCUT2D eigenvalue weighted by Gasteiger charge is -2.16. The maximum Gasteiger partial charge on any atom is 0.251 e. The number of aromatic nitrogens is 4. The van der Waals surface area contributed by atoms with Gasteiger partial charge in [0.25, 0.3) is 5.91 Å². The fraction of sp³-hybridized carbons (Fsp3) is 0.286. The molecule has 2 N–H and O–H groups in total. The van der Waals surface area contributed by atoms with E-state index in [0.29, 0.717) is 18.1 Å². The SMILES string of the molecule is Cc1cnc(Nc2cnn(C)c2)nc1-c1ccc(C(=O)NCC(C)(C)C#N)cc1. The molecular weight excluding hydrogens is 366 g/mol. The minimum Gasteiger partial charge on any atom is -0.350 e. The number of hydrogen-bond donors (Lipinski definition) is 2. The minimum absolute atomic E-state index is 0.210. The minimum atomic E-state index is -0.606. The Morgan fingerprint density at radius 3 is 2.59 bits per heavy atom. The summed E-state index contributed by atoms with van der Waals surface area (Å²) in [5.41, 5.74) is 3.31. The largest absolute Gasteiger partial charge is 0.350 e. The molecule has 1 amide bonds. The number of benzene rings is 1. The van der Waals surface area contributed by atoms with Crippen molar-refractivity contribution in [2.24, 2.45) is 12.5 Å². The Morgan fingerprint density at radius 2 is 1.97 bits per heavy atom. The van der Waals surface area contributed by atoms with Crippen LogP contribution in [0.15, 0.2) is 42.9 Å². The van der Waals surface area contributed by atoms with Gasteiger partial charge >= 0.3 is 0 Å². The van der Waals surface area contributed by atoms with Gasteiger partial charge < -0.3 is 10.6 Å². The molecule has 0 aliphatic heterocycles. The number of rotatable bonds is 6. The van der Waals surface area contributed by atoms with Gasteiger partial charge in [-0.25, -0.2) is 9.97 Å². The number of nitrogens with one attached hydrogen (secondary N) is 2. The molecule has 8 heteroatoms. The molecule has 1 aromatic carbocycles. The third-order valence-corrected chi connectivity index (χ3v) is 4.35. The van der Waals surface area contributed by atoms with Gasteiger partial charge in [0.2, 0.25) is 5.95 Å². The zero-order valence-corrected chi connectivity index (χ0v) is 16.9. The Balaban J connectivity index is 1.76. The molecule has 0 spiro atoms. The van der Waals surface area contributed by atoms with E-state index in [1.54, 1.807) is 43.1 Å². The van der Waals surface area contributed by atoms with Crippen molar-refractivity contribution in [3.8, 4) is 17.3 Å². The molecule has 2 heterocycles. The van der Waals surface area contributed by atoms with Crippen LogP contribution in [0.5, 0.6) is 0 Å². The first-order valence-corrected chi connectivity index (χ1v) is 9.16. The molecule has 0 radical (unpaired) electrons. The molecule has 3 rings (SSSR count). The van der Waals surface area contributed by atoms with Gasteiger partial charge in [0, 0.05) is 37.1 Å². The fourth-order valence-corrected chi connectivity index (χ4v) is 2.63. The number of amides is 1. The summed E-state index contributed by atoms with van der Waals surface area (Å²) in [6, 6.07) is 9.38. The summed E-state index contributed by atoms with van der Waals surface area (Å²) < 4.78 is 1.69. The molecule has 0 aliphatic carbocycles. The zero-order chi connectivity index (χ0) is 21.0. The quantitative estimate of drug-likeness (QED) is 0.670. The molecule has 8 nitrogen and oxygen atoms in total. The summed E-state index contributed by atoms with van der Waals surface area (Å²) in [5.74, 6) is 0.261. The van der Waals surface area contributed by atoms with Crippen molar-refractivity contribution in [3.63, 3.8) is 0 Å². The smallest absolute Gasteiger partial charge is 0.251 e. The Hall–Kier alpha value is -3.73. The van der Waals surface area contributed by atoms with Gasteiger partial charge in [-0.3, -0.25) is 9.48 Å². The summed E-state index contributed by atoms with van der Waals surface area (Å²) in [7, 11) is 1.84. The molecule has 148 valence electrons. The Morgan fingerprint density at radius 1 is 1.24 bits per heavy atom. The second-order valence-electron chi connectivity index (χ2n) is 7.51. The van der Waals surface area contributed by atoms with E-state index in [9.17, 15) is 4.79 Å². The van der Waals surface area contributed by atoms with Crippen LogP contribution in [-0.4, -0.2) is 32.2 Å². The molecule has 0 saturated heterocycles. The number of nitrogens with zero attached hydrogens (tertiary/aromatic N) is 5. The lowest BCUT2D eigenvalue weighted by atomic mass is 9.96. The van der Waals surface area contributed by atoms with E-state index in [1.165, 1.54) is 0 Å². The van der Waals surface area contributed by atoms with Crippen LogP contribution in [0.4, 0.5) is 11.6 Å². The second-order valence-corrected chi connectivity index (χ2v) is 7.51. The highest BCUT2D eigenvalue weighted by Crippen LogP contribution is 2.23. The first kappa shape index (κ1) is 20.0. The molecule has 0 bridgehead atoms. The maximum atomic E-state index is 12.3. The average Bonchev–Trinajstić information content (AvgIpc) is 3.12. The lowest BCUT2D eigenvalue weighted by molar-refractivity contribution is 0.0943. The van der Waals surface area contributed by atoms with Crippen molar-refractivity contribution >= 4 is 17.5 Å². The predicted molar refractivity (Wildman–Crippen MR) is 110 cm³/mol. The highest BCUT2D eigenvalue weighted by Gasteiger charge is 2.18. The van der Waals surface area contributed by atoms with E-state index in [2.05, 4.69) is 31.8 Å². The van der Waals surface area contributed by atoms with Gasteiger partial charge in [-0.2, -0.15) is 10.4 Å². The molecule has 0 fully saturated rings. The van der Waals surface area contributed by atoms with E-state index >= 15 is 0 Å². The highest BCUT2D eigenvalue weighted by molar-refractivity contribution is 5.94. The molecule has 2 aromatic heterocycles. The zero-order valence-electron chi connectivity index (χ0n) is 16.9. The molecule has 0 unspecified atom stereocenters. The predicted octanol–water partition coefficient (Wildman–Crippen LogP) is 3.21. The number of aryl methyl sites for hydroxylation is 2. The van der Waals surface area contributed by atoms with Crippen molar-refractivity contribution in [1.29, 1.82) is 5.26 Å². The molecule has 3 aromatic rings. The van der Waals surface area contributed by atoms with Crippen molar-refractivity contribution in [1.82, 2.24) is 25.1 Å². The molecular formula is C21H23N7O. The molecule has 29 heavy (non-hydrogen) atoms. The monoisotopic (exact) mass is 389 g/mol. The maximum absolute atomic E-state index is 12.3. The number of carbonyl (C=O) groups is 1. The summed E-state index contributed by atoms with van der Waals surface area (Å²) in [6.45, 7) is 5.79. The van der Waals surface area contributed by atoms with Gasteiger partial charge in [-0.05, 0) is 38.5 Å². The van der Waals surface area contributed by atoms with Crippen LogP contribution in [0, 0.1) is 23.7 Å². The average molecular weight is 389 g/mol. The van der Waals surface area contributed by atoms with Gasteiger partial charge in [0.05, 0.1) is 29.1 Å². The van der Waals surface area contributed by atoms with Gasteiger partial charge in [-0.1, -0.05) is 12.1 Å². The molecule has 0 saturated carbocycles. The first-order chi connectivity index (χ1) is 13.8. The van der Waals surface area contributed by atoms with Crippen LogP contribution in [0.3, 0.4) is 0 Å². The van der Waals surface area contributed by atoms with Crippen LogP contribution in [0.25, 0.3) is 11.3 Å². The first-order valence-electron chi connectivity index (χ1n) is 9.16. The van der Waals surface area contributed by atoms with Crippen LogP contribution >= 0.6 is 0 Å². The Labute approximate surface area is 169 Å². The van der Waals surface area contributed by atoms with E-state index in [0.717, 1.165) is 22.5 Å². The van der Waals surface area contributed by atoms with Crippen molar-refractivity contribution < 1.29 is 4.79 Å². The number of nitriles is 1. The number of carbonyl (C=O) groups excluding carboxylic acids is 1. The molecule has 0 atom stereocenters. The number of hydrogen-bond acceptors (Lipinski definition) is 6. The van der Waals surface area contributed by atoms with Crippen LogP contribution in [0.1, 0.15) is 29.8 Å².